The molecule has 0 spiro atoms. The van der Waals surface area contributed by atoms with Crippen LogP contribution in [0.4, 0.5) is 0 Å². The Morgan fingerprint density at radius 1 is 0.550 bits per heavy atom. The van der Waals surface area contributed by atoms with Crippen LogP contribution in [0.15, 0.2) is 159 Å². The van der Waals surface area contributed by atoms with Gasteiger partial charge in [0, 0.05) is 52.3 Å². The normalized spacial score (nSPS) is 9.53. The molecule has 0 radical (unpaired) electrons. The average Bonchev–Trinajstić information content (AvgIpc) is 3.27. The maximum atomic E-state index is 5.36. The molecule has 0 aliphatic carbocycles. The average molecular weight is 1020 g/mol. The second-order valence-corrected chi connectivity index (χ2v) is 19.1. The molecule has 0 N–H and O–H groups in total. The van der Waals surface area contributed by atoms with Crippen LogP contribution in [-0.2, 0) is 26.6 Å². The number of halogens is 2. The molecule has 0 heterocycles. The van der Waals surface area contributed by atoms with E-state index >= 15 is 0 Å². The van der Waals surface area contributed by atoms with Crippen LogP contribution < -0.4 is 32.5 Å². The van der Waals surface area contributed by atoms with Crippen LogP contribution in [0.5, 0.6) is 0 Å². The summed E-state index contributed by atoms with van der Waals surface area (Å²) in [5, 5.41) is 3.43. The summed E-state index contributed by atoms with van der Waals surface area (Å²) in [5.41, 5.74) is 5.63. The van der Waals surface area contributed by atoms with Crippen LogP contribution >= 0.6 is 15.9 Å². The van der Waals surface area contributed by atoms with Crippen LogP contribution in [0, 0.1) is 6.07 Å². The van der Waals surface area contributed by atoms with E-state index in [0.29, 0.717) is 0 Å². The van der Waals surface area contributed by atoms with Gasteiger partial charge >= 0.3 is 64.2 Å². The summed E-state index contributed by atoms with van der Waals surface area (Å²) in [6.07, 6.45) is 9.10. The van der Waals surface area contributed by atoms with Crippen LogP contribution in [-0.4, -0.2) is 117 Å². The quantitative estimate of drug-likeness (QED) is 0.109. The van der Waals surface area contributed by atoms with E-state index in [2.05, 4.69) is 79.2 Å². The van der Waals surface area contributed by atoms with Crippen molar-refractivity contribution in [1.82, 2.24) is 0 Å². The summed E-state index contributed by atoms with van der Waals surface area (Å²) in [4.78, 5) is 0. The fourth-order valence-corrected chi connectivity index (χ4v) is 8.69. The van der Waals surface area contributed by atoms with Gasteiger partial charge < -0.3 is 46.4 Å². The van der Waals surface area contributed by atoms with Crippen molar-refractivity contribution in [3.05, 3.63) is 193 Å². The molecule has 0 amide bonds. The van der Waals surface area contributed by atoms with E-state index in [0.717, 1.165) is 37.1 Å². The smallest absolute Gasteiger partial charge is 1.00 e. The van der Waals surface area contributed by atoms with Gasteiger partial charge in [0.25, 0.3) is 0 Å². The summed E-state index contributed by atoms with van der Waals surface area (Å²) in [6, 6.07) is 42.8. The zero-order valence-electron chi connectivity index (χ0n) is 37.4. The van der Waals surface area contributed by atoms with Crippen molar-refractivity contribution in [1.29, 1.82) is 0 Å². The number of rotatable bonds is 14. The van der Waals surface area contributed by atoms with Crippen LogP contribution in [0.3, 0.4) is 0 Å². The van der Waals surface area contributed by atoms with Crippen molar-refractivity contribution in [2.24, 2.45) is 0 Å². The molecule has 5 aromatic rings. The summed E-state index contributed by atoms with van der Waals surface area (Å²) in [6.45, 7) is 18.3. The Labute approximate surface area is 421 Å². The topological polar surface area (TPSA) is 55.4 Å². The molecule has 316 valence electrons. The van der Waals surface area contributed by atoms with E-state index in [4.69, 9.17) is 26.6 Å². The van der Waals surface area contributed by atoms with Gasteiger partial charge in [-0.15, -0.1) is 12.1 Å². The fraction of sp³-hybridized carbons (Fsp3) is 0.149. The van der Waals surface area contributed by atoms with Gasteiger partial charge in [0.2, 0.25) is 0 Å². The molecule has 0 aromatic heterocycles. The zero-order chi connectivity index (χ0) is 41.6. The summed E-state index contributed by atoms with van der Waals surface area (Å²) < 4.78 is 32.8. The molecule has 60 heavy (non-hydrogen) atoms. The molecule has 5 aromatic carbocycles. The Kier molecular flexibility index (Phi) is 42.4. The molecule has 6 nitrogen and oxygen atoms in total. The number of benzene rings is 5. The Morgan fingerprint density at radius 2 is 0.883 bits per heavy atom. The van der Waals surface area contributed by atoms with Crippen molar-refractivity contribution in [3.8, 4) is 0 Å². The van der Waals surface area contributed by atoms with E-state index in [1.54, 1.807) is 48.7 Å². The maximum absolute atomic E-state index is 5.36. The van der Waals surface area contributed by atoms with E-state index in [9.17, 15) is 0 Å². The van der Waals surface area contributed by atoms with Gasteiger partial charge in [-0.25, -0.2) is 0 Å². The third-order valence-electron chi connectivity index (χ3n) is 7.79. The minimum absolute atomic E-state index is 0. The Morgan fingerprint density at radius 3 is 1.20 bits per heavy atom. The van der Waals surface area contributed by atoms with Crippen molar-refractivity contribution >= 4 is 136 Å². The minimum Gasteiger partial charge on any atom is -1.00 e. The SMILES string of the molecule is C.C=Cc1cc[c-]cc1.C=Cc1ccc(Br)cc1.C=Cc1ccc([SiH2]OC)cc1.C=Cc1ccc([SiH](OC)OC)cc1.C=Cc1ccc([Si](OC)(OC)OC)cc1.[Br-].[H-].[H-].[Mg+2].[Mg+2]. The van der Waals surface area contributed by atoms with Gasteiger partial charge in [-0.2, -0.15) is 30.3 Å². The summed E-state index contributed by atoms with van der Waals surface area (Å²) in [5.74, 6) is 0. The second kappa shape index (κ2) is 39.5. The molecule has 0 saturated heterocycles. The van der Waals surface area contributed by atoms with Gasteiger partial charge in [-0.1, -0.05) is 165 Å². The molecular formula is C47H62Br2Mg2O6Si3. The Hall–Kier alpha value is -2.30. The molecule has 0 bridgehead atoms. The van der Waals surface area contributed by atoms with Gasteiger partial charge in [0.15, 0.2) is 9.76 Å². The molecule has 5 rings (SSSR count). The number of hydrogen-bond donors (Lipinski definition) is 0. The molecule has 0 fully saturated rings. The molecular weight excluding hydrogens is 953 g/mol. The Bertz CT molecular complexity index is 1830. The molecule has 0 aliphatic heterocycles. The van der Waals surface area contributed by atoms with Gasteiger partial charge in [-0.3, -0.25) is 0 Å². The summed E-state index contributed by atoms with van der Waals surface area (Å²) >= 11 is 3.34. The second-order valence-electron chi connectivity index (χ2n) is 11.3. The van der Waals surface area contributed by atoms with E-state index in [1.165, 1.54) is 10.8 Å². The predicted octanol–water partition coefficient (Wildman–Crippen LogP) is 5.48. The van der Waals surface area contributed by atoms with E-state index in [-0.39, 0.29) is 73.4 Å². The fourth-order valence-electron chi connectivity index (χ4n) is 4.64. The number of hydrogen-bond acceptors (Lipinski definition) is 6. The first-order valence-electron chi connectivity index (χ1n) is 17.5. The van der Waals surface area contributed by atoms with Crippen molar-refractivity contribution in [2.45, 2.75) is 7.43 Å². The van der Waals surface area contributed by atoms with Crippen LogP contribution in [0.2, 0.25) is 0 Å². The third-order valence-corrected chi connectivity index (χ3v) is 13.9. The molecule has 0 saturated carbocycles. The van der Waals surface area contributed by atoms with Gasteiger partial charge in [-0.05, 0) is 44.8 Å². The minimum atomic E-state index is -2.66. The molecule has 0 unspecified atom stereocenters. The largest absolute Gasteiger partial charge is 2.00 e. The molecule has 0 aliphatic rings. The van der Waals surface area contributed by atoms with Crippen molar-refractivity contribution in [3.63, 3.8) is 0 Å². The standard InChI is InChI=1S/C11H16O3Si.C10H14O2Si.C9H12OSi.C8H7Br.C8H7.CH4.BrH.2Mg.2H/c1-5-10-6-8-11(9-7-10)15(12-2,13-3)14-4;1-4-9-5-7-10(8-6-9)13(11-2)12-3;1-3-8-4-6-9(7-5-8)11-10-2;1-2-7-3-5-8(9)6-4-7;1-2-8-6-4-3-5-7-8;;;;;;/h5-9H,1H2,2-4H3;4-8,13H,1H2,2-3H3;3-7H,1,11H2,2H3;2-6H,1H2;2,4-7H,1H2;1H4;1H;;;;/q;;;;-1;;;2*+2;2*-1/p-1. The maximum Gasteiger partial charge on any atom is 2.00 e. The zero-order valence-corrected chi connectivity index (χ0v) is 44.9. The third kappa shape index (κ3) is 25.0. The molecule has 13 heteroatoms. The van der Waals surface area contributed by atoms with Crippen LogP contribution in [0.1, 0.15) is 38.1 Å². The predicted molar refractivity (Wildman–Crippen MR) is 272 cm³/mol. The first-order valence-corrected chi connectivity index (χ1v) is 22.8. The van der Waals surface area contributed by atoms with E-state index in [1.807, 2.05) is 121 Å². The van der Waals surface area contributed by atoms with Crippen molar-refractivity contribution in [2.75, 3.05) is 42.7 Å². The summed E-state index contributed by atoms with van der Waals surface area (Å²) in [7, 11) is 5.18. The molecule has 0 atom stereocenters. The monoisotopic (exact) mass is 1010 g/mol. The van der Waals surface area contributed by atoms with E-state index < -0.39 is 27.9 Å². The first kappa shape index (κ1) is 64.3. The van der Waals surface area contributed by atoms with Crippen molar-refractivity contribution < 1.29 is 46.4 Å². The van der Waals surface area contributed by atoms with Gasteiger partial charge in [0.05, 0.1) is 0 Å². The van der Waals surface area contributed by atoms with Crippen LogP contribution in [0.25, 0.3) is 30.4 Å². The van der Waals surface area contributed by atoms with Gasteiger partial charge in [0.1, 0.15) is 0 Å². The Balaban J connectivity index is -0.000000157. The first-order chi connectivity index (χ1) is 27.2.